The number of carbonyl (C=O) groups excluding carboxylic acids is 1. The quantitative estimate of drug-likeness (QED) is 0.545. The Bertz CT molecular complexity index is 325. The van der Waals surface area contributed by atoms with Crippen molar-refractivity contribution in [3.63, 3.8) is 0 Å². The van der Waals surface area contributed by atoms with E-state index in [0.717, 1.165) is 6.42 Å². The van der Waals surface area contributed by atoms with Crippen LogP contribution in [0.25, 0.3) is 0 Å². The van der Waals surface area contributed by atoms with Crippen LogP contribution in [0.4, 0.5) is 4.79 Å². The number of carboxylic acid groups (broad SMARTS) is 1. The minimum atomic E-state index is -0.959. The maximum Gasteiger partial charge on any atom is 0.315 e. The summed E-state index contributed by atoms with van der Waals surface area (Å²) < 4.78 is 5.23. The molecular weight excluding hydrogens is 248 g/mol. The summed E-state index contributed by atoms with van der Waals surface area (Å²) in [6, 6.07) is -0.438. The van der Waals surface area contributed by atoms with E-state index in [9.17, 15) is 9.59 Å². The van der Waals surface area contributed by atoms with Crippen LogP contribution in [0.5, 0.6) is 0 Å². The molecule has 0 aliphatic rings. The van der Waals surface area contributed by atoms with Gasteiger partial charge in [-0.25, -0.2) is 4.79 Å². The molecular formula is C13H22N2O4. The first-order valence-electron chi connectivity index (χ1n) is 6.34. The van der Waals surface area contributed by atoms with Gasteiger partial charge in [-0.05, 0) is 13.3 Å². The molecule has 108 valence electrons. The molecule has 6 nitrogen and oxygen atoms in total. The third-order valence-electron chi connectivity index (χ3n) is 2.49. The Balaban J connectivity index is 4.09. The van der Waals surface area contributed by atoms with Crippen molar-refractivity contribution >= 4 is 12.0 Å². The van der Waals surface area contributed by atoms with E-state index in [2.05, 4.69) is 16.6 Å². The highest BCUT2D eigenvalue weighted by Gasteiger charge is 2.15. The average molecular weight is 270 g/mol. The standard InChI is InChI=1S/C13H22N2O4/c1-4-7-10(5-2)15-13(18)14-9-11(19-6-3)8-12(16)17/h1,10-11H,5-9H2,2-3H3,(H,16,17)(H2,14,15,18). The van der Waals surface area contributed by atoms with E-state index in [4.69, 9.17) is 16.3 Å². The molecule has 0 radical (unpaired) electrons. The molecule has 0 spiro atoms. The topological polar surface area (TPSA) is 87.7 Å². The molecule has 2 amide bonds. The SMILES string of the molecule is C#CCC(CC)NC(=O)NCC(CC(=O)O)OCC. The highest BCUT2D eigenvalue weighted by atomic mass is 16.5. The molecule has 0 rings (SSSR count). The molecule has 0 saturated carbocycles. The normalized spacial score (nSPS) is 13.1. The van der Waals surface area contributed by atoms with Crippen molar-refractivity contribution in [3.05, 3.63) is 0 Å². The molecule has 0 fully saturated rings. The van der Waals surface area contributed by atoms with Crippen LogP contribution in [0.2, 0.25) is 0 Å². The summed E-state index contributed by atoms with van der Waals surface area (Å²) in [4.78, 5) is 22.2. The van der Waals surface area contributed by atoms with E-state index in [1.54, 1.807) is 6.92 Å². The first kappa shape index (κ1) is 17.3. The van der Waals surface area contributed by atoms with Gasteiger partial charge < -0.3 is 20.5 Å². The number of amides is 2. The summed E-state index contributed by atoms with van der Waals surface area (Å²) in [6.45, 7) is 4.25. The molecule has 6 heteroatoms. The molecule has 0 aromatic rings. The van der Waals surface area contributed by atoms with Crippen molar-refractivity contribution in [3.8, 4) is 12.3 Å². The van der Waals surface area contributed by atoms with Gasteiger partial charge in [0.25, 0.3) is 0 Å². The van der Waals surface area contributed by atoms with E-state index in [1.807, 2.05) is 6.92 Å². The van der Waals surface area contributed by atoms with E-state index >= 15 is 0 Å². The Morgan fingerprint density at radius 2 is 2.11 bits per heavy atom. The van der Waals surface area contributed by atoms with Crippen LogP contribution in [0, 0.1) is 12.3 Å². The average Bonchev–Trinajstić information content (AvgIpc) is 2.35. The maximum atomic E-state index is 11.6. The fourth-order valence-electron chi connectivity index (χ4n) is 1.50. The van der Waals surface area contributed by atoms with Gasteiger partial charge in [-0.2, -0.15) is 0 Å². The third-order valence-corrected chi connectivity index (χ3v) is 2.49. The lowest BCUT2D eigenvalue weighted by molar-refractivity contribution is -0.140. The lowest BCUT2D eigenvalue weighted by Crippen LogP contribution is -2.45. The fourth-order valence-corrected chi connectivity index (χ4v) is 1.50. The molecule has 0 bridgehead atoms. The van der Waals surface area contributed by atoms with E-state index in [1.165, 1.54) is 0 Å². The number of carbonyl (C=O) groups is 2. The largest absolute Gasteiger partial charge is 0.481 e. The van der Waals surface area contributed by atoms with Crippen molar-refractivity contribution in [1.29, 1.82) is 0 Å². The Morgan fingerprint density at radius 3 is 2.58 bits per heavy atom. The lowest BCUT2D eigenvalue weighted by atomic mass is 10.1. The lowest BCUT2D eigenvalue weighted by Gasteiger charge is -2.18. The maximum absolute atomic E-state index is 11.6. The van der Waals surface area contributed by atoms with Crippen molar-refractivity contribution in [2.24, 2.45) is 0 Å². The van der Waals surface area contributed by atoms with Gasteiger partial charge >= 0.3 is 12.0 Å². The number of hydrogen-bond acceptors (Lipinski definition) is 3. The zero-order chi connectivity index (χ0) is 14.7. The molecule has 0 saturated heterocycles. The molecule has 0 aliphatic heterocycles. The van der Waals surface area contributed by atoms with Gasteiger partial charge in [0.05, 0.1) is 12.5 Å². The number of urea groups is 1. The molecule has 3 N–H and O–H groups in total. The predicted molar refractivity (Wildman–Crippen MR) is 71.7 cm³/mol. The number of terminal acetylenes is 1. The minimum Gasteiger partial charge on any atom is -0.481 e. The van der Waals surface area contributed by atoms with E-state index in [0.29, 0.717) is 13.0 Å². The third kappa shape index (κ3) is 8.91. The number of carboxylic acids is 1. The molecule has 2 unspecified atom stereocenters. The van der Waals surface area contributed by atoms with Crippen LogP contribution in [0.1, 0.15) is 33.1 Å². The second-order valence-electron chi connectivity index (χ2n) is 4.04. The molecule has 0 heterocycles. The number of rotatable bonds is 9. The first-order valence-corrected chi connectivity index (χ1v) is 6.34. The van der Waals surface area contributed by atoms with Crippen molar-refractivity contribution in [1.82, 2.24) is 10.6 Å². The number of nitrogens with one attached hydrogen (secondary N) is 2. The van der Waals surface area contributed by atoms with Crippen molar-refractivity contribution in [2.75, 3.05) is 13.2 Å². The highest BCUT2D eigenvalue weighted by molar-refractivity contribution is 5.74. The monoisotopic (exact) mass is 270 g/mol. The van der Waals surface area contributed by atoms with Gasteiger partial charge in [-0.1, -0.05) is 6.92 Å². The van der Waals surface area contributed by atoms with Crippen LogP contribution in [0.15, 0.2) is 0 Å². The zero-order valence-corrected chi connectivity index (χ0v) is 11.4. The van der Waals surface area contributed by atoms with Crippen LogP contribution in [0.3, 0.4) is 0 Å². The highest BCUT2D eigenvalue weighted by Crippen LogP contribution is 1.98. The number of ether oxygens (including phenoxy) is 1. The minimum absolute atomic E-state index is 0.0741. The smallest absolute Gasteiger partial charge is 0.315 e. The summed E-state index contributed by atoms with van der Waals surface area (Å²) in [5.41, 5.74) is 0. The van der Waals surface area contributed by atoms with Crippen molar-refractivity contribution in [2.45, 2.75) is 45.3 Å². The van der Waals surface area contributed by atoms with Gasteiger partial charge in [0.15, 0.2) is 0 Å². The Kier molecular flexibility index (Phi) is 9.27. The molecule has 0 aromatic carbocycles. The van der Waals surface area contributed by atoms with Crippen LogP contribution in [-0.2, 0) is 9.53 Å². The second-order valence-corrected chi connectivity index (χ2v) is 4.04. The number of aliphatic carboxylic acids is 1. The van der Waals surface area contributed by atoms with Gasteiger partial charge in [0, 0.05) is 25.6 Å². The van der Waals surface area contributed by atoms with Crippen LogP contribution in [-0.4, -0.2) is 42.4 Å². The zero-order valence-electron chi connectivity index (χ0n) is 11.4. The van der Waals surface area contributed by atoms with E-state index < -0.39 is 12.1 Å². The summed E-state index contributed by atoms with van der Waals surface area (Å²) in [5.74, 6) is 1.53. The molecule has 0 aliphatic carbocycles. The van der Waals surface area contributed by atoms with Crippen LogP contribution < -0.4 is 10.6 Å². The summed E-state index contributed by atoms with van der Waals surface area (Å²) in [5, 5.41) is 14.0. The fraction of sp³-hybridized carbons (Fsp3) is 0.692. The molecule has 19 heavy (non-hydrogen) atoms. The second kappa shape index (κ2) is 10.2. The Labute approximate surface area is 113 Å². The van der Waals surface area contributed by atoms with Crippen LogP contribution >= 0.6 is 0 Å². The Hall–Kier alpha value is -1.74. The molecule has 0 aromatic heterocycles. The Morgan fingerprint density at radius 1 is 1.42 bits per heavy atom. The van der Waals surface area contributed by atoms with Crippen molar-refractivity contribution < 1.29 is 19.4 Å². The predicted octanol–water partition coefficient (Wildman–Crippen LogP) is 0.967. The van der Waals surface area contributed by atoms with E-state index in [-0.39, 0.29) is 25.0 Å². The van der Waals surface area contributed by atoms with Gasteiger partial charge in [0.2, 0.25) is 0 Å². The van der Waals surface area contributed by atoms with Gasteiger partial charge in [-0.15, -0.1) is 12.3 Å². The number of hydrogen-bond donors (Lipinski definition) is 3. The summed E-state index contributed by atoms with van der Waals surface area (Å²) >= 11 is 0. The van der Waals surface area contributed by atoms with Gasteiger partial charge in [-0.3, -0.25) is 4.79 Å². The summed E-state index contributed by atoms with van der Waals surface area (Å²) in [6.07, 6.45) is 5.72. The van der Waals surface area contributed by atoms with Gasteiger partial charge in [0.1, 0.15) is 0 Å². The first-order chi connectivity index (χ1) is 9.03. The molecule has 2 atom stereocenters. The summed E-state index contributed by atoms with van der Waals surface area (Å²) in [7, 11) is 0.